The van der Waals surface area contributed by atoms with Gasteiger partial charge in [0.2, 0.25) is 5.91 Å². The van der Waals surface area contributed by atoms with E-state index in [0.29, 0.717) is 12.6 Å². The van der Waals surface area contributed by atoms with Crippen LogP contribution in [0.1, 0.15) is 33.6 Å². The first-order chi connectivity index (χ1) is 9.27. The number of hydrogen-bond acceptors (Lipinski definition) is 4. The van der Waals surface area contributed by atoms with E-state index in [2.05, 4.69) is 43.1 Å². The fourth-order valence-electron chi connectivity index (χ4n) is 2.65. The quantitative estimate of drug-likeness (QED) is 0.789. The van der Waals surface area contributed by atoms with Crippen LogP contribution in [0.25, 0.3) is 0 Å². The van der Waals surface area contributed by atoms with E-state index in [9.17, 15) is 4.79 Å². The van der Waals surface area contributed by atoms with Gasteiger partial charge < -0.3 is 15.0 Å². The molecule has 5 heteroatoms. The van der Waals surface area contributed by atoms with Crippen LogP contribution in [-0.2, 0) is 9.53 Å². The minimum atomic E-state index is -0.384. The van der Waals surface area contributed by atoms with Crippen molar-refractivity contribution in [1.29, 1.82) is 0 Å². The van der Waals surface area contributed by atoms with E-state index in [4.69, 9.17) is 4.74 Å². The van der Waals surface area contributed by atoms with Crippen LogP contribution in [0.5, 0.6) is 0 Å². The molecule has 1 saturated heterocycles. The molecule has 1 aliphatic rings. The van der Waals surface area contributed by atoms with E-state index in [0.717, 1.165) is 13.1 Å². The van der Waals surface area contributed by atoms with Crippen molar-refractivity contribution in [1.82, 2.24) is 15.1 Å². The SMILES string of the molecule is COC(C)C(=O)NCC(C)(C)N1CCC(N(C)C)CC1. The lowest BCUT2D eigenvalue weighted by molar-refractivity contribution is -0.130. The summed E-state index contributed by atoms with van der Waals surface area (Å²) in [6.45, 7) is 9.00. The van der Waals surface area contributed by atoms with Crippen LogP contribution in [-0.4, -0.2) is 74.2 Å². The van der Waals surface area contributed by atoms with E-state index in [-0.39, 0.29) is 17.6 Å². The summed E-state index contributed by atoms with van der Waals surface area (Å²) in [5.74, 6) is -0.0382. The lowest BCUT2D eigenvalue weighted by Gasteiger charge is -2.44. The van der Waals surface area contributed by atoms with E-state index in [1.807, 2.05) is 0 Å². The third-order valence-electron chi connectivity index (χ3n) is 4.47. The average molecular weight is 285 g/mol. The Morgan fingerprint density at radius 3 is 2.40 bits per heavy atom. The van der Waals surface area contributed by atoms with Crippen LogP contribution >= 0.6 is 0 Å². The number of ether oxygens (including phenoxy) is 1. The van der Waals surface area contributed by atoms with Crippen molar-refractivity contribution < 1.29 is 9.53 Å². The maximum absolute atomic E-state index is 11.8. The number of piperidine rings is 1. The van der Waals surface area contributed by atoms with Crippen LogP contribution < -0.4 is 5.32 Å². The number of methoxy groups -OCH3 is 1. The summed E-state index contributed by atoms with van der Waals surface area (Å²) in [5.41, 5.74) is -0.0135. The first-order valence-electron chi connectivity index (χ1n) is 7.50. The predicted molar refractivity (Wildman–Crippen MR) is 81.8 cm³/mol. The molecular weight excluding hydrogens is 254 g/mol. The standard InChI is InChI=1S/C15H31N3O2/c1-12(20-6)14(19)16-11-15(2,3)18-9-7-13(8-10-18)17(4)5/h12-13H,7-11H2,1-6H3,(H,16,19). The number of carbonyl (C=O) groups excluding carboxylic acids is 1. The van der Waals surface area contributed by atoms with Crippen LogP contribution in [0.2, 0.25) is 0 Å². The maximum Gasteiger partial charge on any atom is 0.248 e. The van der Waals surface area contributed by atoms with Crippen LogP contribution in [0, 0.1) is 0 Å². The molecule has 1 atom stereocenters. The number of likely N-dealkylation sites (tertiary alicyclic amines) is 1. The molecule has 1 fully saturated rings. The minimum Gasteiger partial charge on any atom is -0.372 e. The summed E-state index contributed by atoms with van der Waals surface area (Å²) in [5, 5.41) is 2.99. The Balaban J connectivity index is 2.43. The summed E-state index contributed by atoms with van der Waals surface area (Å²) >= 11 is 0. The molecule has 1 amide bonds. The Bertz CT molecular complexity index is 310. The molecule has 118 valence electrons. The summed E-state index contributed by atoms with van der Waals surface area (Å²) in [7, 11) is 5.86. The number of amides is 1. The molecule has 0 aliphatic carbocycles. The predicted octanol–water partition coefficient (Wildman–Crippen LogP) is 0.942. The fourth-order valence-corrected chi connectivity index (χ4v) is 2.65. The summed E-state index contributed by atoms with van der Waals surface area (Å²) < 4.78 is 5.03. The van der Waals surface area contributed by atoms with E-state index < -0.39 is 0 Å². The van der Waals surface area contributed by atoms with Crippen LogP contribution in [0.3, 0.4) is 0 Å². The molecule has 1 rings (SSSR count). The van der Waals surface area contributed by atoms with Gasteiger partial charge in [0, 0.05) is 38.3 Å². The van der Waals surface area contributed by atoms with Gasteiger partial charge in [-0.2, -0.15) is 0 Å². The maximum atomic E-state index is 11.8. The van der Waals surface area contributed by atoms with Crippen molar-refractivity contribution in [3.8, 4) is 0 Å². The zero-order valence-electron chi connectivity index (χ0n) is 13.9. The van der Waals surface area contributed by atoms with E-state index >= 15 is 0 Å². The largest absolute Gasteiger partial charge is 0.372 e. The van der Waals surface area contributed by atoms with Crippen molar-refractivity contribution in [2.75, 3.05) is 40.8 Å². The summed E-state index contributed by atoms with van der Waals surface area (Å²) in [6, 6.07) is 0.685. The van der Waals surface area contributed by atoms with Crippen LogP contribution in [0.15, 0.2) is 0 Å². The molecule has 0 bridgehead atoms. The highest BCUT2D eigenvalue weighted by Gasteiger charge is 2.31. The Hall–Kier alpha value is -0.650. The molecule has 1 aliphatic heterocycles. The molecule has 1 heterocycles. The number of nitrogens with zero attached hydrogens (tertiary/aromatic N) is 2. The van der Waals surface area contributed by atoms with Crippen molar-refractivity contribution in [3.05, 3.63) is 0 Å². The normalized spacial score (nSPS) is 20.1. The minimum absolute atomic E-state index is 0.0135. The Morgan fingerprint density at radius 1 is 1.40 bits per heavy atom. The molecule has 0 aromatic heterocycles. The molecule has 0 radical (unpaired) electrons. The number of nitrogens with one attached hydrogen (secondary N) is 1. The van der Waals surface area contributed by atoms with Gasteiger partial charge in [0.25, 0.3) is 0 Å². The summed E-state index contributed by atoms with van der Waals surface area (Å²) in [6.07, 6.45) is 2.00. The van der Waals surface area contributed by atoms with Gasteiger partial charge in [-0.25, -0.2) is 0 Å². The third-order valence-corrected chi connectivity index (χ3v) is 4.47. The van der Waals surface area contributed by atoms with Crippen molar-refractivity contribution >= 4 is 5.91 Å². The lowest BCUT2D eigenvalue weighted by Crippen LogP contribution is -2.56. The highest BCUT2D eigenvalue weighted by atomic mass is 16.5. The molecule has 20 heavy (non-hydrogen) atoms. The van der Waals surface area contributed by atoms with Gasteiger partial charge in [-0.1, -0.05) is 0 Å². The van der Waals surface area contributed by atoms with Gasteiger partial charge in [0.05, 0.1) is 0 Å². The highest BCUT2D eigenvalue weighted by Crippen LogP contribution is 2.22. The first kappa shape index (κ1) is 17.4. The van der Waals surface area contributed by atoms with Crippen LogP contribution in [0.4, 0.5) is 0 Å². The monoisotopic (exact) mass is 285 g/mol. The fraction of sp³-hybridized carbons (Fsp3) is 0.933. The van der Waals surface area contributed by atoms with Gasteiger partial charge in [-0.3, -0.25) is 9.69 Å². The Morgan fingerprint density at radius 2 is 1.95 bits per heavy atom. The highest BCUT2D eigenvalue weighted by molar-refractivity contribution is 5.80. The average Bonchev–Trinajstić information content (AvgIpc) is 2.44. The first-order valence-corrected chi connectivity index (χ1v) is 7.50. The Labute approximate surface area is 123 Å². The number of hydrogen-bond donors (Lipinski definition) is 1. The molecule has 0 aromatic rings. The smallest absolute Gasteiger partial charge is 0.248 e. The third kappa shape index (κ3) is 4.72. The van der Waals surface area contributed by atoms with Crippen molar-refractivity contribution in [3.63, 3.8) is 0 Å². The molecule has 0 saturated carbocycles. The zero-order chi connectivity index (χ0) is 15.3. The van der Waals surface area contributed by atoms with E-state index in [1.54, 1.807) is 14.0 Å². The molecule has 0 aromatic carbocycles. The zero-order valence-corrected chi connectivity index (χ0v) is 13.9. The van der Waals surface area contributed by atoms with Gasteiger partial charge in [-0.15, -0.1) is 0 Å². The second-order valence-electron chi connectivity index (χ2n) is 6.59. The second-order valence-corrected chi connectivity index (χ2v) is 6.59. The summed E-state index contributed by atoms with van der Waals surface area (Å²) in [4.78, 5) is 16.6. The number of rotatable bonds is 6. The lowest BCUT2D eigenvalue weighted by atomic mass is 9.96. The number of carbonyl (C=O) groups is 1. The topological polar surface area (TPSA) is 44.8 Å². The molecule has 1 N–H and O–H groups in total. The molecule has 0 spiro atoms. The van der Waals surface area contributed by atoms with Gasteiger partial charge in [0.15, 0.2) is 0 Å². The van der Waals surface area contributed by atoms with E-state index in [1.165, 1.54) is 12.8 Å². The Kier molecular flexibility index (Phi) is 6.43. The molecule has 1 unspecified atom stereocenters. The molecular formula is C15H31N3O2. The second kappa shape index (κ2) is 7.38. The van der Waals surface area contributed by atoms with Crippen molar-refractivity contribution in [2.24, 2.45) is 0 Å². The van der Waals surface area contributed by atoms with Gasteiger partial charge >= 0.3 is 0 Å². The van der Waals surface area contributed by atoms with Gasteiger partial charge in [-0.05, 0) is 47.7 Å². The van der Waals surface area contributed by atoms with Gasteiger partial charge in [0.1, 0.15) is 6.10 Å². The molecule has 5 nitrogen and oxygen atoms in total. The van der Waals surface area contributed by atoms with Crippen molar-refractivity contribution in [2.45, 2.75) is 51.3 Å².